The van der Waals surface area contributed by atoms with Crippen molar-refractivity contribution in [2.75, 3.05) is 0 Å². The highest BCUT2D eigenvalue weighted by atomic mass is 32.2. The lowest BCUT2D eigenvalue weighted by Crippen LogP contribution is -2.06. The van der Waals surface area contributed by atoms with E-state index in [4.69, 9.17) is 4.52 Å². The van der Waals surface area contributed by atoms with Crippen molar-refractivity contribution in [2.45, 2.75) is 24.9 Å². The molecule has 18 heavy (non-hydrogen) atoms. The standard InChI is InChI=1S/C12H13FN2O2S/c1-8(12-14-9(2)15-17-12)18(16)7-10-3-5-11(13)6-4-10/h3-6,8H,7H2,1-2H3/t8-,18+/m1/s1. The highest BCUT2D eigenvalue weighted by Crippen LogP contribution is 2.20. The Morgan fingerprint density at radius 3 is 2.61 bits per heavy atom. The number of rotatable bonds is 4. The fourth-order valence-corrected chi connectivity index (χ4v) is 2.55. The van der Waals surface area contributed by atoms with Crippen molar-refractivity contribution >= 4 is 10.8 Å². The van der Waals surface area contributed by atoms with Gasteiger partial charge < -0.3 is 4.52 Å². The van der Waals surface area contributed by atoms with Gasteiger partial charge in [0.15, 0.2) is 5.82 Å². The van der Waals surface area contributed by atoms with E-state index in [1.165, 1.54) is 12.1 Å². The number of aromatic nitrogens is 2. The Balaban J connectivity index is 2.05. The minimum absolute atomic E-state index is 0.301. The van der Waals surface area contributed by atoms with Gasteiger partial charge in [0.25, 0.3) is 0 Å². The van der Waals surface area contributed by atoms with Gasteiger partial charge in [0, 0.05) is 16.6 Å². The molecule has 2 aromatic rings. The minimum atomic E-state index is -1.18. The van der Waals surface area contributed by atoms with E-state index in [1.807, 2.05) is 0 Å². The second-order valence-electron chi connectivity index (χ2n) is 3.97. The molecule has 6 heteroatoms. The summed E-state index contributed by atoms with van der Waals surface area (Å²) in [4.78, 5) is 4.06. The summed E-state index contributed by atoms with van der Waals surface area (Å²) in [6, 6.07) is 5.96. The molecule has 1 aromatic carbocycles. The van der Waals surface area contributed by atoms with E-state index in [9.17, 15) is 8.60 Å². The van der Waals surface area contributed by atoms with Gasteiger partial charge in [-0.15, -0.1) is 0 Å². The minimum Gasteiger partial charge on any atom is -0.338 e. The van der Waals surface area contributed by atoms with E-state index in [-0.39, 0.29) is 11.1 Å². The summed E-state index contributed by atoms with van der Waals surface area (Å²) in [5.41, 5.74) is 0.817. The summed E-state index contributed by atoms with van der Waals surface area (Å²) < 4.78 is 29.8. The van der Waals surface area contributed by atoms with Crippen LogP contribution in [-0.4, -0.2) is 14.3 Å². The van der Waals surface area contributed by atoms with Crippen LogP contribution in [0.5, 0.6) is 0 Å². The van der Waals surface area contributed by atoms with Gasteiger partial charge >= 0.3 is 0 Å². The third kappa shape index (κ3) is 3.01. The predicted octanol–water partition coefficient (Wildman–Crippen LogP) is 2.53. The van der Waals surface area contributed by atoms with Crippen molar-refractivity contribution < 1.29 is 13.1 Å². The SMILES string of the molecule is Cc1noc([C@@H](C)[S@@](=O)Cc2ccc(F)cc2)n1. The normalized spacial score (nSPS) is 14.4. The number of benzene rings is 1. The van der Waals surface area contributed by atoms with Crippen LogP contribution in [-0.2, 0) is 16.6 Å². The van der Waals surface area contributed by atoms with E-state index in [2.05, 4.69) is 10.1 Å². The highest BCUT2D eigenvalue weighted by Gasteiger charge is 2.19. The molecular formula is C12H13FN2O2S. The first-order chi connectivity index (χ1) is 8.56. The van der Waals surface area contributed by atoms with Crippen molar-refractivity contribution in [1.29, 1.82) is 0 Å². The lowest BCUT2D eigenvalue weighted by Gasteiger charge is -2.06. The molecule has 0 bridgehead atoms. The van der Waals surface area contributed by atoms with Crippen LogP contribution in [0.3, 0.4) is 0 Å². The predicted molar refractivity (Wildman–Crippen MR) is 65.7 cm³/mol. The fraction of sp³-hybridized carbons (Fsp3) is 0.333. The first-order valence-corrected chi connectivity index (χ1v) is 6.86. The van der Waals surface area contributed by atoms with Gasteiger partial charge in [0.2, 0.25) is 5.89 Å². The fourth-order valence-electron chi connectivity index (χ4n) is 1.46. The van der Waals surface area contributed by atoms with E-state index in [0.29, 0.717) is 17.5 Å². The van der Waals surface area contributed by atoms with Crippen LogP contribution in [0, 0.1) is 12.7 Å². The Morgan fingerprint density at radius 2 is 2.06 bits per heavy atom. The number of aryl methyl sites for hydroxylation is 1. The molecule has 2 rings (SSSR count). The van der Waals surface area contributed by atoms with Crippen LogP contribution < -0.4 is 0 Å². The van der Waals surface area contributed by atoms with E-state index < -0.39 is 10.8 Å². The van der Waals surface area contributed by atoms with Gasteiger partial charge in [0.1, 0.15) is 11.1 Å². The molecule has 0 unspecified atom stereocenters. The zero-order valence-electron chi connectivity index (χ0n) is 10.1. The molecular weight excluding hydrogens is 255 g/mol. The van der Waals surface area contributed by atoms with E-state index in [1.54, 1.807) is 26.0 Å². The number of hydrogen-bond acceptors (Lipinski definition) is 4. The summed E-state index contributed by atoms with van der Waals surface area (Å²) in [6.07, 6.45) is 0. The average molecular weight is 268 g/mol. The third-order valence-corrected chi connectivity index (χ3v) is 4.12. The molecule has 0 amide bonds. The molecule has 1 aromatic heterocycles. The van der Waals surface area contributed by atoms with Crippen molar-refractivity contribution in [3.63, 3.8) is 0 Å². The monoisotopic (exact) mass is 268 g/mol. The maximum atomic E-state index is 12.7. The van der Waals surface area contributed by atoms with Crippen LogP contribution in [0.2, 0.25) is 0 Å². The Labute approximate surface area is 107 Å². The van der Waals surface area contributed by atoms with E-state index >= 15 is 0 Å². The molecule has 96 valence electrons. The van der Waals surface area contributed by atoms with Gasteiger partial charge in [0.05, 0.1) is 0 Å². The Hall–Kier alpha value is -1.56. The first kappa shape index (κ1) is 12.9. The Kier molecular flexibility index (Phi) is 3.86. The van der Waals surface area contributed by atoms with Crippen molar-refractivity contribution in [3.8, 4) is 0 Å². The molecule has 0 aliphatic heterocycles. The second-order valence-corrected chi connectivity index (χ2v) is 5.73. The van der Waals surface area contributed by atoms with Gasteiger partial charge in [-0.2, -0.15) is 4.98 Å². The summed E-state index contributed by atoms with van der Waals surface area (Å²) >= 11 is 0. The number of nitrogens with zero attached hydrogens (tertiary/aromatic N) is 2. The molecule has 0 spiro atoms. The van der Waals surface area contributed by atoms with Crippen LogP contribution >= 0.6 is 0 Å². The zero-order chi connectivity index (χ0) is 13.1. The number of hydrogen-bond donors (Lipinski definition) is 0. The van der Waals surface area contributed by atoms with Crippen molar-refractivity contribution in [3.05, 3.63) is 47.4 Å². The summed E-state index contributed by atoms with van der Waals surface area (Å²) in [5.74, 6) is 0.928. The molecule has 2 atom stereocenters. The zero-order valence-corrected chi connectivity index (χ0v) is 10.9. The van der Waals surface area contributed by atoms with Crippen LogP contribution in [0.15, 0.2) is 28.8 Å². The highest BCUT2D eigenvalue weighted by molar-refractivity contribution is 7.84. The lowest BCUT2D eigenvalue weighted by molar-refractivity contribution is 0.375. The Bertz CT molecular complexity index is 553. The average Bonchev–Trinajstić information content (AvgIpc) is 2.78. The van der Waals surface area contributed by atoms with Gasteiger partial charge in [-0.3, -0.25) is 4.21 Å². The molecule has 1 heterocycles. The maximum absolute atomic E-state index is 12.7. The molecule has 0 N–H and O–H groups in total. The van der Waals surface area contributed by atoms with Gasteiger partial charge in [-0.05, 0) is 31.5 Å². The topological polar surface area (TPSA) is 56.0 Å². The molecule has 0 saturated carbocycles. The van der Waals surface area contributed by atoms with E-state index in [0.717, 1.165) is 5.56 Å². The molecule has 0 aliphatic carbocycles. The molecule has 4 nitrogen and oxygen atoms in total. The summed E-state index contributed by atoms with van der Waals surface area (Å²) in [6.45, 7) is 3.48. The quantitative estimate of drug-likeness (QED) is 0.855. The molecule has 0 aliphatic rings. The van der Waals surface area contributed by atoms with Gasteiger partial charge in [-0.25, -0.2) is 4.39 Å². The maximum Gasteiger partial charge on any atom is 0.242 e. The van der Waals surface area contributed by atoms with Crippen LogP contribution in [0.25, 0.3) is 0 Å². The van der Waals surface area contributed by atoms with Crippen LogP contribution in [0.4, 0.5) is 4.39 Å². The second kappa shape index (κ2) is 5.39. The summed E-state index contributed by atoms with van der Waals surface area (Å²) in [7, 11) is -1.18. The van der Waals surface area contributed by atoms with Crippen molar-refractivity contribution in [1.82, 2.24) is 10.1 Å². The largest absolute Gasteiger partial charge is 0.338 e. The van der Waals surface area contributed by atoms with Crippen LogP contribution in [0.1, 0.15) is 29.5 Å². The number of halogens is 1. The smallest absolute Gasteiger partial charge is 0.242 e. The lowest BCUT2D eigenvalue weighted by atomic mass is 10.2. The van der Waals surface area contributed by atoms with Gasteiger partial charge in [-0.1, -0.05) is 17.3 Å². The Morgan fingerprint density at radius 1 is 1.39 bits per heavy atom. The molecule has 0 fully saturated rings. The van der Waals surface area contributed by atoms with Crippen molar-refractivity contribution in [2.24, 2.45) is 0 Å². The molecule has 0 radical (unpaired) electrons. The third-order valence-electron chi connectivity index (χ3n) is 2.51. The summed E-state index contributed by atoms with van der Waals surface area (Å²) in [5, 5.41) is 3.33. The molecule has 0 saturated heterocycles. The first-order valence-electron chi connectivity index (χ1n) is 5.48.